The van der Waals surface area contributed by atoms with E-state index in [1.54, 1.807) is 0 Å². The molecular formula is C9H22LiN. The van der Waals surface area contributed by atoms with Gasteiger partial charge in [-0.05, 0) is 26.1 Å². The van der Waals surface area contributed by atoms with Gasteiger partial charge in [0.05, 0.1) is 0 Å². The maximum atomic E-state index is 2.48. The van der Waals surface area contributed by atoms with Crippen molar-refractivity contribution in [1.29, 1.82) is 0 Å². The van der Waals surface area contributed by atoms with Crippen molar-refractivity contribution < 1.29 is 20.3 Å². The van der Waals surface area contributed by atoms with E-state index in [9.17, 15) is 0 Å². The van der Waals surface area contributed by atoms with Gasteiger partial charge in [0.25, 0.3) is 0 Å². The Labute approximate surface area is 85.2 Å². The summed E-state index contributed by atoms with van der Waals surface area (Å²) in [7, 11) is 0. The van der Waals surface area contributed by atoms with Gasteiger partial charge in [0, 0.05) is 0 Å². The van der Waals surface area contributed by atoms with E-state index in [0.29, 0.717) is 0 Å². The molecule has 0 fully saturated rings. The molecule has 0 bridgehead atoms. The predicted octanol–water partition coefficient (Wildman–Crippen LogP) is -0.365. The van der Waals surface area contributed by atoms with E-state index in [4.69, 9.17) is 0 Å². The molecule has 0 N–H and O–H groups in total. The van der Waals surface area contributed by atoms with Gasteiger partial charge in [-0.25, -0.2) is 0 Å². The Morgan fingerprint density at radius 3 is 1.91 bits per heavy atom. The summed E-state index contributed by atoms with van der Waals surface area (Å²) in [4.78, 5) is 2.48. The molecule has 64 valence electrons. The molecule has 0 aliphatic carbocycles. The summed E-state index contributed by atoms with van der Waals surface area (Å²) >= 11 is 0. The van der Waals surface area contributed by atoms with Crippen LogP contribution in [0.4, 0.5) is 0 Å². The zero-order valence-electron chi connectivity index (χ0n) is 9.69. The minimum Gasteiger partial charge on any atom is -1.00 e. The van der Waals surface area contributed by atoms with Crippen LogP contribution in [-0.4, -0.2) is 24.5 Å². The Balaban J connectivity index is -0.000000405. The van der Waals surface area contributed by atoms with Crippen molar-refractivity contribution >= 4 is 0 Å². The fourth-order valence-corrected chi connectivity index (χ4v) is 1.13. The second kappa shape index (κ2) is 10.6. The summed E-state index contributed by atoms with van der Waals surface area (Å²) in [6.07, 6.45) is 4.09. The van der Waals surface area contributed by atoms with E-state index in [2.05, 4.69) is 25.7 Å². The first-order chi connectivity index (χ1) is 4.85. The normalized spacial score (nSPS) is 9.82. The molecule has 0 saturated heterocycles. The maximum absolute atomic E-state index is 2.48. The standard InChI is InChI=1S/C9H21N.Li.H/c1-4-7-8-9-10(5-2)6-3;;/h4-9H2,1-3H3;;/q;+1;-1. The van der Waals surface area contributed by atoms with Crippen LogP contribution in [0.3, 0.4) is 0 Å². The van der Waals surface area contributed by atoms with Crippen LogP contribution in [0.15, 0.2) is 0 Å². The molecule has 0 aromatic heterocycles. The van der Waals surface area contributed by atoms with Gasteiger partial charge in [0.2, 0.25) is 0 Å². The van der Waals surface area contributed by atoms with Crippen molar-refractivity contribution in [2.75, 3.05) is 19.6 Å². The second-order valence-electron chi connectivity index (χ2n) is 2.73. The van der Waals surface area contributed by atoms with Gasteiger partial charge in [-0.2, -0.15) is 0 Å². The summed E-state index contributed by atoms with van der Waals surface area (Å²) in [5, 5.41) is 0. The van der Waals surface area contributed by atoms with Crippen LogP contribution >= 0.6 is 0 Å². The van der Waals surface area contributed by atoms with E-state index in [-0.39, 0.29) is 20.3 Å². The number of nitrogens with zero attached hydrogens (tertiary/aromatic N) is 1. The van der Waals surface area contributed by atoms with Crippen LogP contribution in [0.25, 0.3) is 0 Å². The number of rotatable bonds is 6. The molecular weight excluding hydrogens is 129 g/mol. The monoisotopic (exact) mass is 151 g/mol. The van der Waals surface area contributed by atoms with Crippen molar-refractivity contribution in [2.45, 2.75) is 40.0 Å². The van der Waals surface area contributed by atoms with Crippen molar-refractivity contribution in [3.8, 4) is 0 Å². The number of hydrogen-bond donors (Lipinski definition) is 0. The van der Waals surface area contributed by atoms with Crippen LogP contribution < -0.4 is 18.9 Å². The Morgan fingerprint density at radius 1 is 1.00 bits per heavy atom. The van der Waals surface area contributed by atoms with Crippen molar-refractivity contribution in [2.24, 2.45) is 0 Å². The minimum atomic E-state index is 0. The van der Waals surface area contributed by atoms with E-state index >= 15 is 0 Å². The van der Waals surface area contributed by atoms with Gasteiger partial charge in [0.1, 0.15) is 0 Å². The van der Waals surface area contributed by atoms with Crippen molar-refractivity contribution in [3.05, 3.63) is 0 Å². The second-order valence-corrected chi connectivity index (χ2v) is 2.73. The molecule has 0 rings (SSSR count). The fourth-order valence-electron chi connectivity index (χ4n) is 1.13. The zero-order valence-corrected chi connectivity index (χ0v) is 8.69. The summed E-state index contributed by atoms with van der Waals surface area (Å²) in [5.41, 5.74) is 0. The third kappa shape index (κ3) is 8.46. The Bertz CT molecular complexity index is 67.5. The first kappa shape index (κ1) is 14.1. The van der Waals surface area contributed by atoms with Gasteiger partial charge in [-0.15, -0.1) is 0 Å². The third-order valence-electron chi connectivity index (χ3n) is 1.97. The van der Waals surface area contributed by atoms with Crippen LogP contribution in [0.2, 0.25) is 0 Å². The van der Waals surface area contributed by atoms with Crippen molar-refractivity contribution in [3.63, 3.8) is 0 Å². The zero-order chi connectivity index (χ0) is 7.82. The molecule has 0 aliphatic rings. The van der Waals surface area contributed by atoms with E-state index < -0.39 is 0 Å². The minimum absolute atomic E-state index is 0. The predicted molar refractivity (Wildman–Crippen MR) is 48.4 cm³/mol. The molecule has 0 spiro atoms. The van der Waals surface area contributed by atoms with Gasteiger partial charge >= 0.3 is 18.9 Å². The smallest absolute Gasteiger partial charge is 1.00 e. The number of hydrogen-bond acceptors (Lipinski definition) is 1. The third-order valence-corrected chi connectivity index (χ3v) is 1.97. The molecule has 2 heteroatoms. The van der Waals surface area contributed by atoms with E-state index in [1.807, 2.05) is 0 Å². The largest absolute Gasteiger partial charge is 1.00 e. The molecule has 0 heterocycles. The van der Waals surface area contributed by atoms with E-state index in [0.717, 1.165) is 0 Å². The summed E-state index contributed by atoms with van der Waals surface area (Å²) < 4.78 is 0. The summed E-state index contributed by atoms with van der Waals surface area (Å²) in [5.74, 6) is 0. The van der Waals surface area contributed by atoms with E-state index in [1.165, 1.54) is 38.9 Å². The fraction of sp³-hybridized carbons (Fsp3) is 1.00. The molecule has 11 heavy (non-hydrogen) atoms. The average Bonchev–Trinajstić information content (AvgIpc) is 1.99. The quantitative estimate of drug-likeness (QED) is 0.370. The number of unbranched alkanes of at least 4 members (excludes halogenated alkanes) is 2. The Hall–Kier alpha value is 0.557. The van der Waals surface area contributed by atoms with Crippen LogP contribution in [0, 0.1) is 0 Å². The molecule has 0 aliphatic heterocycles. The molecule has 0 amide bonds. The average molecular weight is 151 g/mol. The topological polar surface area (TPSA) is 3.24 Å². The first-order valence-electron chi connectivity index (χ1n) is 4.57. The molecule has 0 saturated carbocycles. The molecule has 1 nitrogen and oxygen atoms in total. The van der Waals surface area contributed by atoms with Crippen molar-refractivity contribution in [1.82, 2.24) is 4.90 Å². The SMILES string of the molecule is CCCCCN(CC)CC.[H-].[Li+]. The summed E-state index contributed by atoms with van der Waals surface area (Å²) in [6.45, 7) is 10.4. The van der Waals surface area contributed by atoms with Crippen LogP contribution in [0.5, 0.6) is 0 Å². The van der Waals surface area contributed by atoms with Gasteiger partial charge < -0.3 is 6.33 Å². The molecule has 0 aromatic carbocycles. The molecule has 0 radical (unpaired) electrons. The Kier molecular flexibility index (Phi) is 13.5. The first-order valence-corrected chi connectivity index (χ1v) is 4.57. The Morgan fingerprint density at radius 2 is 1.55 bits per heavy atom. The molecule has 0 atom stereocenters. The van der Waals surface area contributed by atoms with Gasteiger partial charge in [0.15, 0.2) is 0 Å². The van der Waals surface area contributed by atoms with Crippen LogP contribution in [0.1, 0.15) is 41.5 Å². The summed E-state index contributed by atoms with van der Waals surface area (Å²) in [6, 6.07) is 0. The molecule has 0 unspecified atom stereocenters. The van der Waals surface area contributed by atoms with Crippen LogP contribution in [-0.2, 0) is 0 Å². The molecule has 0 aromatic rings. The maximum Gasteiger partial charge on any atom is 1.00 e. The van der Waals surface area contributed by atoms with Gasteiger partial charge in [-0.1, -0.05) is 33.6 Å². The van der Waals surface area contributed by atoms with Gasteiger partial charge in [-0.3, -0.25) is 0 Å².